The summed E-state index contributed by atoms with van der Waals surface area (Å²) in [6.07, 6.45) is 5.03. The third-order valence-electron chi connectivity index (χ3n) is 4.53. The molecule has 0 aliphatic heterocycles. The fourth-order valence-corrected chi connectivity index (χ4v) is 2.71. The molecule has 0 aromatic heterocycles. The van der Waals surface area contributed by atoms with Crippen molar-refractivity contribution in [1.29, 1.82) is 0 Å². The number of nitrogens with one attached hydrogen (secondary N) is 1. The molecule has 0 aromatic rings. The second-order valence-corrected chi connectivity index (χ2v) is 7.46. The van der Waals surface area contributed by atoms with Crippen molar-refractivity contribution in [3.05, 3.63) is 0 Å². The van der Waals surface area contributed by atoms with Gasteiger partial charge in [-0.1, -0.05) is 47.5 Å². The number of hydrogen-bond acceptors (Lipinski definition) is 2. The van der Waals surface area contributed by atoms with Gasteiger partial charge in [0.25, 0.3) is 0 Å². The van der Waals surface area contributed by atoms with Crippen LogP contribution in [0.3, 0.4) is 0 Å². The molecule has 0 amide bonds. The molecule has 0 bridgehead atoms. The van der Waals surface area contributed by atoms with Crippen LogP contribution >= 0.6 is 0 Å². The zero-order chi connectivity index (χ0) is 13.1. The Hall–Kier alpha value is -0.0800. The normalized spacial score (nSPS) is 32.5. The molecule has 102 valence electrons. The maximum Gasteiger partial charge on any atom is 0.0283 e. The summed E-state index contributed by atoms with van der Waals surface area (Å²) in [7, 11) is 0. The van der Waals surface area contributed by atoms with Crippen molar-refractivity contribution in [2.75, 3.05) is 13.1 Å². The molecular weight excluding hydrogens is 208 g/mol. The van der Waals surface area contributed by atoms with Crippen molar-refractivity contribution in [3.63, 3.8) is 0 Å². The molecule has 1 saturated carbocycles. The summed E-state index contributed by atoms with van der Waals surface area (Å²) in [4.78, 5) is 0. The minimum atomic E-state index is 0.0509. The van der Waals surface area contributed by atoms with Crippen LogP contribution in [0.4, 0.5) is 0 Å². The van der Waals surface area contributed by atoms with E-state index in [0.717, 1.165) is 19.0 Å². The fourth-order valence-electron chi connectivity index (χ4n) is 2.71. The monoisotopic (exact) mass is 240 g/mol. The predicted octanol–water partition coefficient (Wildman–Crippen LogP) is 3.17. The zero-order valence-corrected chi connectivity index (χ0v) is 12.5. The first-order chi connectivity index (χ1) is 7.73. The van der Waals surface area contributed by atoms with E-state index in [4.69, 9.17) is 5.73 Å². The van der Waals surface area contributed by atoms with Gasteiger partial charge >= 0.3 is 0 Å². The van der Waals surface area contributed by atoms with Gasteiger partial charge in [0.1, 0.15) is 0 Å². The molecule has 1 aliphatic rings. The van der Waals surface area contributed by atoms with Crippen LogP contribution in [0.2, 0.25) is 0 Å². The van der Waals surface area contributed by atoms with Gasteiger partial charge in [0.05, 0.1) is 0 Å². The Morgan fingerprint density at radius 1 is 1.41 bits per heavy atom. The van der Waals surface area contributed by atoms with Gasteiger partial charge < -0.3 is 11.1 Å². The largest absolute Gasteiger partial charge is 0.324 e. The number of hydrogen-bond donors (Lipinski definition) is 2. The van der Waals surface area contributed by atoms with Crippen LogP contribution in [-0.4, -0.2) is 18.6 Å². The first-order valence-corrected chi connectivity index (χ1v) is 7.22. The Morgan fingerprint density at radius 3 is 2.59 bits per heavy atom. The van der Waals surface area contributed by atoms with Gasteiger partial charge in [0.2, 0.25) is 0 Å². The average Bonchev–Trinajstić information content (AvgIpc) is 2.15. The molecule has 2 nitrogen and oxygen atoms in total. The second-order valence-electron chi connectivity index (χ2n) is 7.46. The highest BCUT2D eigenvalue weighted by Crippen LogP contribution is 2.30. The summed E-state index contributed by atoms with van der Waals surface area (Å²) in [5, 5.41) is 3.60. The third kappa shape index (κ3) is 4.97. The molecule has 0 radical (unpaired) electrons. The Bertz CT molecular complexity index is 232. The lowest BCUT2D eigenvalue weighted by Gasteiger charge is -2.38. The summed E-state index contributed by atoms with van der Waals surface area (Å²) < 4.78 is 0. The maximum atomic E-state index is 6.48. The van der Waals surface area contributed by atoms with Crippen LogP contribution in [-0.2, 0) is 0 Å². The van der Waals surface area contributed by atoms with Gasteiger partial charge in [-0.05, 0) is 36.6 Å². The highest BCUT2D eigenvalue weighted by atomic mass is 14.9. The van der Waals surface area contributed by atoms with Crippen LogP contribution in [0.25, 0.3) is 0 Å². The van der Waals surface area contributed by atoms with E-state index in [9.17, 15) is 0 Å². The van der Waals surface area contributed by atoms with Gasteiger partial charge in [-0.2, -0.15) is 0 Å². The van der Waals surface area contributed by atoms with Crippen LogP contribution in [0.1, 0.15) is 60.3 Å². The van der Waals surface area contributed by atoms with Gasteiger partial charge in [-0.25, -0.2) is 0 Å². The Balaban J connectivity index is 2.30. The highest BCUT2D eigenvalue weighted by molar-refractivity contribution is 4.91. The summed E-state index contributed by atoms with van der Waals surface area (Å²) in [5.41, 5.74) is 6.92. The maximum absolute atomic E-state index is 6.48. The van der Waals surface area contributed by atoms with Crippen LogP contribution in [0.15, 0.2) is 0 Å². The zero-order valence-electron chi connectivity index (χ0n) is 12.5. The Kier molecular flexibility index (Phi) is 5.03. The molecule has 0 heterocycles. The minimum Gasteiger partial charge on any atom is -0.324 e. The van der Waals surface area contributed by atoms with Crippen molar-refractivity contribution >= 4 is 0 Å². The molecule has 2 heteroatoms. The molecule has 0 saturated heterocycles. The first-order valence-electron chi connectivity index (χ1n) is 7.22. The topological polar surface area (TPSA) is 38.0 Å². The van der Waals surface area contributed by atoms with Crippen molar-refractivity contribution in [2.45, 2.75) is 65.8 Å². The van der Waals surface area contributed by atoms with Gasteiger partial charge in [-0.15, -0.1) is 0 Å². The van der Waals surface area contributed by atoms with Crippen LogP contribution in [0.5, 0.6) is 0 Å². The molecule has 3 N–H and O–H groups in total. The van der Waals surface area contributed by atoms with E-state index in [1.807, 2.05) is 0 Å². The number of nitrogens with two attached hydrogens (primary N) is 1. The lowest BCUT2D eigenvalue weighted by molar-refractivity contribution is 0.209. The molecule has 3 unspecified atom stereocenters. The quantitative estimate of drug-likeness (QED) is 0.792. The Morgan fingerprint density at radius 2 is 2.06 bits per heavy atom. The molecule has 1 rings (SSSR count). The summed E-state index contributed by atoms with van der Waals surface area (Å²) in [5.74, 6) is 1.49. The predicted molar refractivity (Wildman–Crippen MR) is 76.0 cm³/mol. The molecule has 1 fully saturated rings. The van der Waals surface area contributed by atoms with E-state index in [1.54, 1.807) is 0 Å². The highest BCUT2D eigenvalue weighted by Gasteiger charge is 2.31. The molecule has 0 spiro atoms. The lowest BCUT2D eigenvalue weighted by Crippen LogP contribution is -2.52. The van der Waals surface area contributed by atoms with E-state index in [2.05, 4.69) is 39.9 Å². The number of rotatable bonds is 4. The van der Waals surface area contributed by atoms with Gasteiger partial charge in [-0.3, -0.25) is 0 Å². The third-order valence-corrected chi connectivity index (χ3v) is 4.53. The van der Waals surface area contributed by atoms with E-state index in [1.165, 1.54) is 25.7 Å². The molecular formula is C15H32N2. The standard InChI is InChI=1S/C15H32N2/c1-12-7-6-8-15(16,9-12)11-17-10-13(2)14(3,4)5/h12-13,17H,6-11,16H2,1-5H3. The van der Waals surface area contributed by atoms with E-state index >= 15 is 0 Å². The molecule has 3 atom stereocenters. The van der Waals surface area contributed by atoms with E-state index < -0.39 is 0 Å². The molecule has 1 aliphatic carbocycles. The van der Waals surface area contributed by atoms with Crippen molar-refractivity contribution < 1.29 is 0 Å². The second kappa shape index (κ2) is 5.71. The molecule has 0 aromatic carbocycles. The van der Waals surface area contributed by atoms with Crippen LogP contribution in [0, 0.1) is 17.3 Å². The average molecular weight is 240 g/mol. The van der Waals surface area contributed by atoms with Crippen LogP contribution < -0.4 is 11.1 Å². The Labute approximate surface area is 108 Å². The first kappa shape index (κ1) is 15.0. The summed E-state index contributed by atoms with van der Waals surface area (Å²) in [6, 6.07) is 0. The summed E-state index contributed by atoms with van der Waals surface area (Å²) in [6.45, 7) is 13.6. The van der Waals surface area contributed by atoms with Crippen molar-refractivity contribution in [1.82, 2.24) is 5.32 Å². The van der Waals surface area contributed by atoms with E-state index in [0.29, 0.717) is 11.3 Å². The summed E-state index contributed by atoms with van der Waals surface area (Å²) >= 11 is 0. The van der Waals surface area contributed by atoms with Gasteiger partial charge in [0, 0.05) is 12.1 Å². The van der Waals surface area contributed by atoms with Gasteiger partial charge in [0.15, 0.2) is 0 Å². The smallest absolute Gasteiger partial charge is 0.0283 e. The lowest BCUT2D eigenvalue weighted by atomic mass is 9.76. The SMILES string of the molecule is CC1CCCC(N)(CNCC(C)C(C)(C)C)C1. The minimum absolute atomic E-state index is 0.0509. The van der Waals surface area contributed by atoms with E-state index in [-0.39, 0.29) is 5.54 Å². The van der Waals surface area contributed by atoms with Crippen molar-refractivity contribution in [2.24, 2.45) is 23.0 Å². The molecule has 17 heavy (non-hydrogen) atoms. The fraction of sp³-hybridized carbons (Fsp3) is 1.00. The van der Waals surface area contributed by atoms with Crippen molar-refractivity contribution in [3.8, 4) is 0 Å².